The second-order valence-electron chi connectivity index (χ2n) is 2.65. The lowest BCUT2D eigenvalue weighted by atomic mass is 10.3. The van der Waals surface area contributed by atoms with Gasteiger partial charge in [-0.25, -0.2) is 4.98 Å². The van der Waals surface area contributed by atoms with Gasteiger partial charge in [-0.2, -0.15) is 0 Å². The van der Waals surface area contributed by atoms with Crippen molar-refractivity contribution in [3.63, 3.8) is 0 Å². The Labute approximate surface area is 93.8 Å². The second-order valence-corrected chi connectivity index (χ2v) is 4.13. The SMILES string of the molecule is NCc1nc2c(I)c(Cl)ccc2[nH]1. The van der Waals surface area contributed by atoms with Crippen LogP contribution < -0.4 is 5.73 Å². The number of aromatic amines is 1. The number of nitrogens with zero attached hydrogens (tertiary/aromatic N) is 1. The van der Waals surface area contributed by atoms with Gasteiger partial charge in [-0.15, -0.1) is 0 Å². The standard InChI is InChI=1S/C8H7ClIN3/c9-4-1-2-5-8(7(4)10)13-6(3-11)12-5/h1-2H,3,11H2,(H,12,13). The molecule has 0 radical (unpaired) electrons. The van der Waals surface area contributed by atoms with Gasteiger partial charge in [0.15, 0.2) is 0 Å². The van der Waals surface area contributed by atoms with Crippen molar-refractivity contribution in [3.05, 3.63) is 26.5 Å². The van der Waals surface area contributed by atoms with Gasteiger partial charge in [-0.1, -0.05) is 11.6 Å². The summed E-state index contributed by atoms with van der Waals surface area (Å²) in [6.45, 7) is 0.419. The molecule has 3 nitrogen and oxygen atoms in total. The molecule has 68 valence electrons. The van der Waals surface area contributed by atoms with E-state index in [1.165, 1.54) is 0 Å². The molecule has 13 heavy (non-hydrogen) atoms. The molecular formula is C8H7ClIN3. The summed E-state index contributed by atoms with van der Waals surface area (Å²) in [7, 11) is 0. The highest BCUT2D eigenvalue weighted by atomic mass is 127. The fourth-order valence-corrected chi connectivity index (χ4v) is 1.91. The Balaban J connectivity index is 2.76. The molecule has 0 spiro atoms. The van der Waals surface area contributed by atoms with Gasteiger partial charge in [0.1, 0.15) is 11.3 Å². The summed E-state index contributed by atoms with van der Waals surface area (Å²) >= 11 is 8.12. The van der Waals surface area contributed by atoms with E-state index in [4.69, 9.17) is 17.3 Å². The minimum atomic E-state index is 0.419. The fraction of sp³-hybridized carbons (Fsp3) is 0.125. The van der Waals surface area contributed by atoms with E-state index in [9.17, 15) is 0 Å². The van der Waals surface area contributed by atoms with Crippen LogP contribution in [0.3, 0.4) is 0 Å². The number of halogens is 2. The molecule has 0 bridgehead atoms. The van der Waals surface area contributed by atoms with Crippen molar-refractivity contribution in [2.24, 2.45) is 5.73 Å². The lowest BCUT2D eigenvalue weighted by Crippen LogP contribution is -1.97. The Morgan fingerprint density at radius 3 is 3.00 bits per heavy atom. The molecule has 2 aromatic rings. The lowest BCUT2D eigenvalue weighted by Gasteiger charge is -1.94. The number of benzene rings is 1. The molecule has 0 fully saturated rings. The van der Waals surface area contributed by atoms with Crippen LogP contribution in [0, 0.1) is 3.57 Å². The molecule has 0 saturated carbocycles. The number of hydrogen-bond donors (Lipinski definition) is 2. The smallest absolute Gasteiger partial charge is 0.121 e. The minimum absolute atomic E-state index is 0.419. The van der Waals surface area contributed by atoms with Crippen LogP contribution >= 0.6 is 34.2 Å². The van der Waals surface area contributed by atoms with Gasteiger partial charge in [-0.3, -0.25) is 0 Å². The maximum absolute atomic E-state index is 5.95. The van der Waals surface area contributed by atoms with Crippen molar-refractivity contribution < 1.29 is 0 Å². The molecule has 0 atom stereocenters. The summed E-state index contributed by atoms with van der Waals surface area (Å²) in [4.78, 5) is 7.43. The predicted octanol–water partition coefficient (Wildman–Crippen LogP) is 2.28. The van der Waals surface area contributed by atoms with Crippen LogP contribution in [0.2, 0.25) is 5.02 Å². The Morgan fingerprint density at radius 1 is 1.54 bits per heavy atom. The van der Waals surface area contributed by atoms with Crippen molar-refractivity contribution in [1.29, 1.82) is 0 Å². The molecule has 1 aromatic carbocycles. The molecule has 0 unspecified atom stereocenters. The van der Waals surface area contributed by atoms with Crippen LogP contribution in [0.4, 0.5) is 0 Å². The topological polar surface area (TPSA) is 54.7 Å². The molecule has 0 aliphatic heterocycles. The van der Waals surface area contributed by atoms with Crippen LogP contribution in [0.25, 0.3) is 11.0 Å². The fourth-order valence-electron chi connectivity index (χ4n) is 1.17. The van der Waals surface area contributed by atoms with Crippen LogP contribution in [0.15, 0.2) is 12.1 Å². The number of fused-ring (bicyclic) bond motifs is 1. The number of aromatic nitrogens is 2. The molecule has 0 saturated heterocycles. The Morgan fingerprint density at radius 2 is 2.31 bits per heavy atom. The third kappa shape index (κ3) is 1.53. The number of hydrogen-bond acceptors (Lipinski definition) is 2. The number of nitrogens with two attached hydrogens (primary N) is 1. The summed E-state index contributed by atoms with van der Waals surface area (Å²) in [5.41, 5.74) is 7.35. The molecule has 0 amide bonds. The van der Waals surface area contributed by atoms with Gasteiger partial charge in [0, 0.05) is 0 Å². The summed E-state index contributed by atoms with van der Waals surface area (Å²) < 4.78 is 0.965. The van der Waals surface area contributed by atoms with Crippen LogP contribution in [0.1, 0.15) is 5.82 Å². The Hall–Kier alpha value is -0.330. The summed E-state index contributed by atoms with van der Waals surface area (Å²) in [5, 5.41) is 0.725. The molecule has 1 heterocycles. The highest BCUT2D eigenvalue weighted by Gasteiger charge is 2.07. The van der Waals surface area contributed by atoms with E-state index in [0.29, 0.717) is 6.54 Å². The molecular weight excluding hydrogens is 300 g/mol. The third-order valence-corrected chi connectivity index (χ3v) is 3.51. The molecule has 2 rings (SSSR count). The van der Waals surface area contributed by atoms with E-state index < -0.39 is 0 Å². The normalized spacial score (nSPS) is 11.0. The number of nitrogens with one attached hydrogen (secondary N) is 1. The predicted molar refractivity (Wildman–Crippen MR) is 61.7 cm³/mol. The molecule has 1 aromatic heterocycles. The first-order valence-electron chi connectivity index (χ1n) is 3.75. The first-order valence-corrected chi connectivity index (χ1v) is 5.20. The van der Waals surface area contributed by atoms with Gasteiger partial charge >= 0.3 is 0 Å². The van der Waals surface area contributed by atoms with Crippen molar-refractivity contribution in [1.82, 2.24) is 9.97 Å². The first-order chi connectivity index (χ1) is 6.22. The van der Waals surface area contributed by atoms with Gasteiger partial charge in [0.05, 0.1) is 20.7 Å². The van der Waals surface area contributed by atoms with E-state index in [1.54, 1.807) is 0 Å². The number of imidazole rings is 1. The maximum atomic E-state index is 5.95. The Bertz CT molecular complexity index is 452. The zero-order valence-electron chi connectivity index (χ0n) is 6.64. The van der Waals surface area contributed by atoms with Gasteiger partial charge in [0.25, 0.3) is 0 Å². The van der Waals surface area contributed by atoms with Gasteiger partial charge < -0.3 is 10.7 Å². The van der Waals surface area contributed by atoms with Crippen LogP contribution in [-0.2, 0) is 6.54 Å². The minimum Gasteiger partial charge on any atom is -0.341 e. The largest absolute Gasteiger partial charge is 0.341 e. The summed E-state index contributed by atoms with van der Waals surface area (Å²) in [6.07, 6.45) is 0. The molecule has 0 aliphatic rings. The van der Waals surface area contributed by atoms with Crippen molar-refractivity contribution >= 4 is 45.2 Å². The van der Waals surface area contributed by atoms with E-state index in [1.807, 2.05) is 12.1 Å². The second kappa shape index (κ2) is 3.43. The monoisotopic (exact) mass is 307 g/mol. The van der Waals surface area contributed by atoms with E-state index in [0.717, 1.165) is 25.5 Å². The zero-order chi connectivity index (χ0) is 9.42. The van der Waals surface area contributed by atoms with Crippen LogP contribution in [-0.4, -0.2) is 9.97 Å². The highest BCUT2D eigenvalue weighted by molar-refractivity contribution is 14.1. The molecule has 3 N–H and O–H groups in total. The molecule has 5 heteroatoms. The van der Waals surface area contributed by atoms with Crippen molar-refractivity contribution in [2.75, 3.05) is 0 Å². The zero-order valence-corrected chi connectivity index (χ0v) is 9.56. The maximum Gasteiger partial charge on any atom is 0.121 e. The van der Waals surface area contributed by atoms with Gasteiger partial charge in [-0.05, 0) is 34.7 Å². The first kappa shape index (κ1) is 9.23. The molecule has 0 aliphatic carbocycles. The quantitative estimate of drug-likeness (QED) is 0.794. The number of rotatable bonds is 1. The van der Waals surface area contributed by atoms with E-state index in [2.05, 4.69) is 32.6 Å². The van der Waals surface area contributed by atoms with Crippen molar-refractivity contribution in [3.8, 4) is 0 Å². The lowest BCUT2D eigenvalue weighted by molar-refractivity contribution is 0.958. The average Bonchev–Trinajstić information content (AvgIpc) is 2.55. The van der Waals surface area contributed by atoms with E-state index >= 15 is 0 Å². The average molecular weight is 308 g/mol. The van der Waals surface area contributed by atoms with E-state index in [-0.39, 0.29) is 0 Å². The number of H-pyrrole nitrogens is 1. The Kier molecular flexibility index (Phi) is 2.44. The summed E-state index contributed by atoms with van der Waals surface area (Å²) in [6, 6.07) is 3.76. The third-order valence-electron chi connectivity index (χ3n) is 1.79. The van der Waals surface area contributed by atoms with Crippen molar-refractivity contribution in [2.45, 2.75) is 6.54 Å². The highest BCUT2D eigenvalue weighted by Crippen LogP contribution is 2.25. The summed E-state index contributed by atoms with van der Waals surface area (Å²) in [5.74, 6) is 0.787. The van der Waals surface area contributed by atoms with Gasteiger partial charge in [0.2, 0.25) is 0 Å². The van der Waals surface area contributed by atoms with Crippen LogP contribution in [0.5, 0.6) is 0 Å².